The lowest BCUT2D eigenvalue weighted by molar-refractivity contribution is 0.0953. The van der Waals surface area contributed by atoms with E-state index >= 15 is 0 Å². The fourth-order valence-corrected chi connectivity index (χ4v) is 3.74. The number of nitrogens with one attached hydrogen (secondary N) is 3. The summed E-state index contributed by atoms with van der Waals surface area (Å²) in [7, 11) is 0. The maximum Gasteiger partial charge on any atom is 0.251 e. The van der Waals surface area contributed by atoms with E-state index in [0.717, 1.165) is 41.1 Å². The van der Waals surface area contributed by atoms with Crippen molar-refractivity contribution in [3.63, 3.8) is 0 Å². The van der Waals surface area contributed by atoms with Gasteiger partial charge in [-0.15, -0.1) is 0 Å². The molecule has 0 fully saturated rings. The second-order valence-corrected chi connectivity index (χ2v) is 7.82. The van der Waals surface area contributed by atoms with Crippen LogP contribution in [0.25, 0.3) is 33.8 Å². The van der Waals surface area contributed by atoms with Crippen molar-refractivity contribution in [1.29, 1.82) is 0 Å². The second kappa shape index (κ2) is 10.1. The summed E-state index contributed by atoms with van der Waals surface area (Å²) in [4.78, 5) is 28.7. The van der Waals surface area contributed by atoms with Crippen LogP contribution in [0.5, 0.6) is 0 Å². The summed E-state index contributed by atoms with van der Waals surface area (Å²) >= 11 is 0. The molecule has 1 aromatic carbocycles. The van der Waals surface area contributed by atoms with Crippen molar-refractivity contribution < 1.29 is 4.79 Å². The second-order valence-electron chi connectivity index (χ2n) is 7.82. The van der Waals surface area contributed by atoms with Gasteiger partial charge in [-0.25, -0.2) is 9.97 Å². The van der Waals surface area contributed by atoms with Crippen LogP contribution in [0, 0.1) is 0 Å². The summed E-state index contributed by atoms with van der Waals surface area (Å²) in [6, 6.07) is 13.3. The first-order valence-electron chi connectivity index (χ1n) is 11.1. The number of carbonyl (C=O) groups is 1. The van der Waals surface area contributed by atoms with Crippen LogP contribution in [-0.4, -0.2) is 32.4 Å². The number of rotatable bonds is 10. The first-order chi connectivity index (χ1) is 15.3. The highest BCUT2D eigenvalue weighted by Gasteiger charge is 2.15. The Hall–Kier alpha value is -3.41. The van der Waals surface area contributed by atoms with Crippen LogP contribution in [0.3, 0.4) is 0 Å². The summed E-state index contributed by atoms with van der Waals surface area (Å²) in [5, 5.41) is 3.03. The van der Waals surface area contributed by atoms with E-state index < -0.39 is 0 Å². The topological polar surface area (TPSA) is 86.5 Å². The highest BCUT2D eigenvalue weighted by atomic mass is 16.1. The van der Waals surface area contributed by atoms with Crippen LogP contribution in [-0.2, 0) is 0 Å². The fourth-order valence-electron chi connectivity index (χ4n) is 3.74. The molecule has 0 saturated heterocycles. The fraction of sp³-hybridized carbons (Fsp3) is 0.320. The Morgan fingerprint density at radius 3 is 2.13 bits per heavy atom. The molecule has 6 nitrogen and oxygen atoms in total. The third-order valence-electron chi connectivity index (χ3n) is 5.45. The monoisotopic (exact) mass is 415 g/mol. The predicted molar refractivity (Wildman–Crippen MR) is 125 cm³/mol. The van der Waals surface area contributed by atoms with E-state index in [-0.39, 0.29) is 5.91 Å². The quantitative estimate of drug-likeness (QED) is 0.290. The van der Waals surface area contributed by atoms with Gasteiger partial charge in [-0.05, 0) is 48.9 Å². The number of hydrogen-bond donors (Lipinski definition) is 3. The molecule has 0 aliphatic rings. The van der Waals surface area contributed by atoms with E-state index in [2.05, 4.69) is 22.2 Å². The van der Waals surface area contributed by atoms with E-state index in [1.165, 1.54) is 25.7 Å². The molecular formula is C25H29N5O. The summed E-state index contributed by atoms with van der Waals surface area (Å²) < 4.78 is 0. The summed E-state index contributed by atoms with van der Waals surface area (Å²) in [5.41, 5.74) is 5.39. The van der Waals surface area contributed by atoms with Crippen LogP contribution in [0.15, 0.2) is 54.9 Å². The van der Waals surface area contributed by atoms with Gasteiger partial charge in [0.1, 0.15) is 11.4 Å². The lowest BCUT2D eigenvalue weighted by atomic mass is 10.1. The molecule has 0 unspecified atom stereocenters. The Morgan fingerprint density at radius 1 is 0.839 bits per heavy atom. The number of H-pyrrole nitrogens is 2. The summed E-state index contributed by atoms with van der Waals surface area (Å²) in [6.45, 7) is 2.92. The van der Waals surface area contributed by atoms with Crippen LogP contribution < -0.4 is 5.32 Å². The average molecular weight is 416 g/mol. The van der Waals surface area contributed by atoms with Gasteiger partial charge in [0, 0.05) is 24.5 Å². The molecule has 160 valence electrons. The van der Waals surface area contributed by atoms with Crippen molar-refractivity contribution in [2.24, 2.45) is 0 Å². The molecule has 4 aromatic rings. The molecule has 31 heavy (non-hydrogen) atoms. The standard InChI is InChI=1S/C25H29N5O/c1-2-3-4-5-6-7-14-28-25(31)18-12-13-19-22(17-18)30-24(21-11-9-16-27-21)23(29-19)20-10-8-15-26-20/h8-13,15-17,26-27H,2-7,14H2,1H3,(H,28,31). The van der Waals surface area contributed by atoms with Gasteiger partial charge in [0.15, 0.2) is 0 Å². The van der Waals surface area contributed by atoms with Gasteiger partial charge >= 0.3 is 0 Å². The molecule has 0 spiro atoms. The van der Waals surface area contributed by atoms with E-state index in [0.29, 0.717) is 17.6 Å². The smallest absolute Gasteiger partial charge is 0.251 e. The molecule has 4 rings (SSSR count). The summed E-state index contributed by atoms with van der Waals surface area (Å²) in [5.74, 6) is -0.0628. The lowest BCUT2D eigenvalue weighted by Gasteiger charge is -2.10. The van der Waals surface area contributed by atoms with E-state index in [9.17, 15) is 4.79 Å². The Kier molecular flexibility index (Phi) is 6.77. The molecular weight excluding hydrogens is 386 g/mol. The Morgan fingerprint density at radius 2 is 1.48 bits per heavy atom. The van der Waals surface area contributed by atoms with Gasteiger partial charge in [-0.1, -0.05) is 39.0 Å². The van der Waals surface area contributed by atoms with Crippen molar-refractivity contribution in [3.05, 3.63) is 60.4 Å². The zero-order valence-electron chi connectivity index (χ0n) is 17.9. The zero-order valence-corrected chi connectivity index (χ0v) is 17.9. The van der Waals surface area contributed by atoms with Crippen LogP contribution >= 0.6 is 0 Å². The van der Waals surface area contributed by atoms with Crippen molar-refractivity contribution in [2.75, 3.05) is 6.54 Å². The number of amides is 1. The highest BCUT2D eigenvalue weighted by molar-refractivity contribution is 5.98. The van der Waals surface area contributed by atoms with Gasteiger partial charge in [-0.3, -0.25) is 4.79 Å². The first-order valence-corrected chi connectivity index (χ1v) is 11.1. The average Bonchev–Trinajstić information content (AvgIpc) is 3.51. The molecule has 3 heterocycles. The van der Waals surface area contributed by atoms with Gasteiger partial charge in [0.05, 0.1) is 22.4 Å². The van der Waals surface area contributed by atoms with Crippen molar-refractivity contribution >= 4 is 16.9 Å². The first kappa shape index (κ1) is 20.8. The van der Waals surface area contributed by atoms with Gasteiger partial charge < -0.3 is 15.3 Å². The van der Waals surface area contributed by atoms with Crippen molar-refractivity contribution in [2.45, 2.75) is 45.4 Å². The number of aromatic nitrogens is 4. The number of carbonyl (C=O) groups excluding carboxylic acids is 1. The van der Waals surface area contributed by atoms with Gasteiger partial charge in [-0.2, -0.15) is 0 Å². The third kappa shape index (κ3) is 5.02. The number of unbranched alkanes of at least 4 members (excludes halogenated alkanes) is 5. The molecule has 3 N–H and O–H groups in total. The van der Waals surface area contributed by atoms with Crippen LogP contribution in [0.4, 0.5) is 0 Å². The minimum absolute atomic E-state index is 0.0628. The molecule has 0 aliphatic carbocycles. The van der Waals surface area contributed by atoms with Crippen molar-refractivity contribution in [3.8, 4) is 22.8 Å². The minimum atomic E-state index is -0.0628. The summed E-state index contributed by atoms with van der Waals surface area (Å²) in [6.07, 6.45) is 11.0. The Bertz CT molecular complexity index is 1120. The molecule has 0 saturated carbocycles. The van der Waals surface area contributed by atoms with E-state index in [1.807, 2.05) is 54.9 Å². The molecule has 0 atom stereocenters. The molecule has 0 bridgehead atoms. The van der Waals surface area contributed by atoms with Gasteiger partial charge in [0.25, 0.3) is 5.91 Å². The largest absolute Gasteiger partial charge is 0.360 e. The van der Waals surface area contributed by atoms with Crippen molar-refractivity contribution in [1.82, 2.24) is 25.3 Å². The van der Waals surface area contributed by atoms with Gasteiger partial charge in [0.2, 0.25) is 0 Å². The zero-order chi connectivity index (χ0) is 21.5. The minimum Gasteiger partial charge on any atom is -0.360 e. The Labute approximate surface area is 182 Å². The van der Waals surface area contributed by atoms with Crippen LogP contribution in [0.2, 0.25) is 0 Å². The van der Waals surface area contributed by atoms with Crippen LogP contribution in [0.1, 0.15) is 55.8 Å². The third-order valence-corrected chi connectivity index (χ3v) is 5.45. The molecule has 1 amide bonds. The number of hydrogen-bond acceptors (Lipinski definition) is 3. The number of aromatic amines is 2. The number of nitrogens with zero attached hydrogens (tertiary/aromatic N) is 2. The molecule has 0 aliphatic heterocycles. The molecule has 0 radical (unpaired) electrons. The molecule has 3 aromatic heterocycles. The molecule has 6 heteroatoms. The number of benzene rings is 1. The Balaban J connectivity index is 1.52. The lowest BCUT2D eigenvalue weighted by Crippen LogP contribution is -2.24. The predicted octanol–water partition coefficient (Wildman–Crippen LogP) is 5.71. The highest BCUT2D eigenvalue weighted by Crippen LogP contribution is 2.29. The normalized spacial score (nSPS) is 11.1. The van der Waals surface area contributed by atoms with E-state index in [1.54, 1.807) is 0 Å². The SMILES string of the molecule is CCCCCCCCNC(=O)c1ccc2nc(-c3ccc[nH]3)c(-c3ccc[nH]3)nc2c1. The number of fused-ring (bicyclic) bond motifs is 1. The maximum absolute atomic E-state index is 12.6. The maximum atomic E-state index is 12.6. The van der Waals surface area contributed by atoms with E-state index in [4.69, 9.17) is 9.97 Å².